The number of nitrogens with zero attached hydrogens (tertiary/aromatic N) is 1. The zero-order valence-corrected chi connectivity index (χ0v) is 16.3. The molecule has 3 rings (SSSR count). The fourth-order valence-corrected chi connectivity index (χ4v) is 4.06. The van der Waals surface area contributed by atoms with Crippen LogP contribution >= 0.6 is 11.8 Å². The van der Waals surface area contributed by atoms with Crippen LogP contribution in [0.25, 0.3) is 4.24 Å². The molecule has 0 heterocycles. The van der Waals surface area contributed by atoms with Gasteiger partial charge in [-0.3, -0.25) is 11.8 Å². The second-order valence-corrected chi connectivity index (χ2v) is 7.71. The smallest absolute Gasteiger partial charge is 0.458 e. The van der Waals surface area contributed by atoms with Gasteiger partial charge in [-0.15, -0.1) is 0 Å². The van der Waals surface area contributed by atoms with E-state index in [1.807, 2.05) is 6.92 Å². The summed E-state index contributed by atoms with van der Waals surface area (Å²) in [6.07, 6.45) is 9.31. The topological polar surface area (TPSA) is 48.2 Å². The second kappa shape index (κ2) is 8.90. The maximum atomic E-state index is 11.0. The summed E-state index contributed by atoms with van der Waals surface area (Å²) in [5, 5.41) is 0. The summed E-state index contributed by atoms with van der Waals surface area (Å²) in [7, 11) is -3.62. The van der Waals surface area contributed by atoms with E-state index in [2.05, 4.69) is 4.24 Å². The molecule has 0 bridgehead atoms. The summed E-state index contributed by atoms with van der Waals surface area (Å²) in [4.78, 5) is 0.114. The van der Waals surface area contributed by atoms with E-state index in [9.17, 15) is 8.42 Å². The minimum Gasteiger partial charge on any atom is -0.458 e. The molecule has 0 unspecified atom stereocenters. The van der Waals surface area contributed by atoms with Gasteiger partial charge in [0.05, 0.1) is 0 Å². The third-order valence-electron chi connectivity index (χ3n) is 4.38. The molecule has 0 amide bonds. The molecule has 1 aromatic rings. The van der Waals surface area contributed by atoms with Crippen LogP contribution in [0.15, 0.2) is 29.2 Å². The first kappa shape index (κ1) is 19.5. The Balaban J connectivity index is 0.000000213. The van der Waals surface area contributed by atoms with Crippen molar-refractivity contribution in [2.45, 2.75) is 50.3 Å². The number of hydrogen-bond acceptors (Lipinski definition) is 2. The fourth-order valence-electron chi connectivity index (χ4n) is 3.27. The van der Waals surface area contributed by atoms with Gasteiger partial charge in [0, 0.05) is 4.90 Å². The van der Waals surface area contributed by atoms with Crippen molar-refractivity contribution in [3.05, 3.63) is 34.1 Å². The van der Waals surface area contributed by atoms with Gasteiger partial charge in [0.25, 0.3) is 0 Å². The minimum atomic E-state index is -3.62. The van der Waals surface area contributed by atoms with Gasteiger partial charge in [0.2, 0.25) is 0 Å². The van der Waals surface area contributed by atoms with Gasteiger partial charge in [0.1, 0.15) is 10.0 Å². The monoisotopic (exact) mass is 337 g/mol. The van der Waals surface area contributed by atoms with Crippen molar-refractivity contribution in [1.82, 2.24) is 0 Å². The zero-order valence-electron chi connectivity index (χ0n) is 12.8. The molecule has 0 spiro atoms. The van der Waals surface area contributed by atoms with Crippen LogP contribution in [-0.4, -0.2) is 8.42 Å². The zero-order chi connectivity index (χ0) is 14.6. The van der Waals surface area contributed by atoms with E-state index in [1.165, 1.54) is 36.8 Å². The molecule has 112 valence electrons. The van der Waals surface area contributed by atoms with Crippen molar-refractivity contribution < 1.29 is 38.0 Å². The normalized spacial score (nSPS) is 23.7. The van der Waals surface area contributed by atoms with Crippen LogP contribution in [0.3, 0.4) is 0 Å². The summed E-state index contributed by atoms with van der Waals surface area (Å²) in [6, 6.07) is 6.32. The quantitative estimate of drug-likeness (QED) is 0.773. The second-order valence-electron chi connectivity index (χ2n) is 5.74. The molecular formula is C15H21ClNNaO2S. The van der Waals surface area contributed by atoms with Crippen molar-refractivity contribution in [2.24, 2.45) is 11.8 Å². The third-order valence-corrected chi connectivity index (χ3v) is 5.97. The molecule has 6 heteroatoms. The predicted octanol–water partition coefficient (Wildman–Crippen LogP) is 1.80. The Kier molecular flexibility index (Phi) is 8.25. The maximum absolute atomic E-state index is 11.0. The van der Waals surface area contributed by atoms with Crippen molar-refractivity contribution in [3.8, 4) is 0 Å². The number of benzene rings is 1. The Bertz CT molecular complexity index is 513. The van der Waals surface area contributed by atoms with Crippen LogP contribution in [-0.2, 0) is 10.0 Å². The van der Waals surface area contributed by atoms with Crippen molar-refractivity contribution in [2.75, 3.05) is 0 Å². The Morgan fingerprint density at radius 3 is 1.81 bits per heavy atom. The molecular weight excluding hydrogens is 317 g/mol. The van der Waals surface area contributed by atoms with E-state index in [1.54, 1.807) is 37.8 Å². The molecule has 2 saturated carbocycles. The molecule has 0 aromatic heterocycles. The first-order valence-electron chi connectivity index (χ1n) is 7.18. The summed E-state index contributed by atoms with van der Waals surface area (Å²) in [5.41, 5.74) is 0.989. The summed E-state index contributed by atoms with van der Waals surface area (Å²) < 4.78 is 24.8. The first-order chi connectivity index (χ1) is 9.53. The molecule has 0 saturated heterocycles. The van der Waals surface area contributed by atoms with Crippen LogP contribution in [0.1, 0.15) is 44.1 Å². The third kappa shape index (κ3) is 5.52. The Labute approximate surface area is 155 Å². The van der Waals surface area contributed by atoms with Crippen molar-refractivity contribution >= 4 is 21.8 Å². The largest absolute Gasteiger partial charge is 1.00 e. The van der Waals surface area contributed by atoms with Gasteiger partial charge >= 0.3 is 29.6 Å². The standard InChI is InChI=1S/C8H14.C7H7ClNO2S.Na/c1-3-7-5-2-6-8(7)4-1;1-6-2-4-7(5-3-6)12(10,11)9-8;/h7-8H,1-6H2;2-5H,1H3;/q;-1;+1. The molecule has 2 fully saturated rings. The van der Waals surface area contributed by atoms with Crippen molar-refractivity contribution in [1.29, 1.82) is 0 Å². The van der Waals surface area contributed by atoms with E-state index in [4.69, 9.17) is 11.8 Å². The average molecular weight is 338 g/mol. The van der Waals surface area contributed by atoms with Crippen LogP contribution in [0.2, 0.25) is 0 Å². The summed E-state index contributed by atoms with van der Waals surface area (Å²) in [6.45, 7) is 1.87. The number of aryl methyl sites for hydroxylation is 1. The Hall–Kier alpha value is 0.420. The molecule has 2 aliphatic rings. The fraction of sp³-hybridized carbons (Fsp3) is 0.600. The minimum absolute atomic E-state index is 0. The molecule has 0 N–H and O–H groups in total. The average Bonchev–Trinajstić information content (AvgIpc) is 3.03. The molecule has 1 aromatic carbocycles. The van der Waals surface area contributed by atoms with E-state index < -0.39 is 10.0 Å². The van der Waals surface area contributed by atoms with Gasteiger partial charge in [-0.25, -0.2) is 8.42 Å². The molecule has 0 radical (unpaired) electrons. The summed E-state index contributed by atoms with van der Waals surface area (Å²) in [5.74, 6) is 2.35. The molecule has 0 atom stereocenters. The number of rotatable bonds is 2. The van der Waals surface area contributed by atoms with Crippen LogP contribution < -0.4 is 29.6 Å². The molecule has 0 aliphatic heterocycles. The summed E-state index contributed by atoms with van der Waals surface area (Å²) >= 11 is 4.90. The van der Waals surface area contributed by atoms with Gasteiger partial charge in [-0.05, 0) is 30.9 Å². The Morgan fingerprint density at radius 1 is 1.00 bits per heavy atom. The van der Waals surface area contributed by atoms with Gasteiger partial charge < -0.3 is 4.24 Å². The van der Waals surface area contributed by atoms with Gasteiger partial charge in [-0.1, -0.05) is 56.2 Å². The van der Waals surface area contributed by atoms with Crippen LogP contribution in [0.5, 0.6) is 0 Å². The SMILES string of the molecule is C1CC2CCCC2C1.Cc1ccc(S(=O)(=O)[N-]Cl)cc1.[Na+]. The van der Waals surface area contributed by atoms with E-state index in [-0.39, 0.29) is 34.5 Å². The van der Waals surface area contributed by atoms with Crippen LogP contribution in [0.4, 0.5) is 0 Å². The number of halogens is 1. The predicted molar refractivity (Wildman–Crippen MR) is 82.3 cm³/mol. The maximum Gasteiger partial charge on any atom is 1.00 e. The number of hydrogen-bond donors (Lipinski definition) is 0. The van der Waals surface area contributed by atoms with Crippen LogP contribution in [0, 0.1) is 18.8 Å². The first-order valence-corrected chi connectivity index (χ1v) is 8.95. The van der Waals surface area contributed by atoms with E-state index in [0.717, 1.165) is 5.56 Å². The molecule has 2 aliphatic carbocycles. The number of sulfonamides is 1. The van der Waals surface area contributed by atoms with Crippen molar-refractivity contribution in [3.63, 3.8) is 0 Å². The van der Waals surface area contributed by atoms with E-state index in [0.29, 0.717) is 0 Å². The van der Waals surface area contributed by atoms with Gasteiger partial charge in [-0.2, -0.15) is 0 Å². The van der Waals surface area contributed by atoms with Gasteiger partial charge in [0.15, 0.2) is 0 Å². The van der Waals surface area contributed by atoms with E-state index >= 15 is 0 Å². The Morgan fingerprint density at radius 2 is 1.43 bits per heavy atom. The molecule has 3 nitrogen and oxygen atoms in total. The molecule has 21 heavy (non-hydrogen) atoms. The number of fused-ring (bicyclic) bond motifs is 1.